The average molecular weight is 249 g/mol. The number of aliphatic carboxylic acids is 1. The molecule has 0 heterocycles. The van der Waals surface area contributed by atoms with Crippen LogP contribution in [0.25, 0.3) is 0 Å². The van der Waals surface area contributed by atoms with E-state index < -0.39 is 11.8 Å². The molecule has 5 nitrogen and oxygen atoms in total. The Bertz CT molecular complexity index is 480. The summed E-state index contributed by atoms with van der Waals surface area (Å²) in [7, 11) is 0. The van der Waals surface area contributed by atoms with Gasteiger partial charge in [-0.1, -0.05) is 6.92 Å². The van der Waals surface area contributed by atoms with E-state index in [4.69, 9.17) is 15.6 Å². The SMILES string of the molecule is CCCOc1ccc(C(=O)/C=C/C(=O)O)cc1N. The van der Waals surface area contributed by atoms with Gasteiger partial charge in [-0.2, -0.15) is 0 Å². The predicted molar refractivity (Wildman–Crippen MR) is 67.7 cm³/mol. The largest absolute Gasteiger partial charge is 0.491 e. The van der Waals surface area contributed by atoms with Crippen LogP contribution in [0.15, 0.2) is 30.4 Å². The van der Waals surface area contributed by atoms with Crippen LogP contribution in [0.1, 0.15) is 23.7 Å². The lowest BCUT2D eigenvalue weighted by molar-refractivity contribution is -0.131. The van der Waals surface area contributed by atoms with Crippen molar-refractivity contribution in [2.24, 2.45) is 0 Å². The van der Waals surface area contributed by atoms with Gasteiger partial charge in [-0.15, -0.1) is 0 Å². The first-order valence-corrected chi connectivity index (χ1v) is 5.52. The third-order valence-corrected chi connectivity index (χ3v) is 2.13. The van der Waals surface area contributed by atoms with Crippen molar-refractivity contribution in [2.75, 3.05) is 12.3 Å². The van der Waals surface area contributed by atoms with Gasteiger partial charge in [-0.25, -0.2) is 4.79 Å². The van der Waals surface area contributed by atoms with Crippen molar-refractivity contribution in [3.8, 4) is 5.75 Å². The molecule has 0 aliphatic rings. The maximum atomic E-state index is 11.6. The molecule has 1 aromatic rings. The zero-order valence-corrected chi connectivity index (χ0v) is 10.1. The van der Waals surface area contributed by atoms with Crippen LogP contribution in [0, 0.1) is 0 Å². The van der Waals surface area contributed by atoms with Gasteiger partial charge in [0.1, 0.15) is 5.75 Å². The van der Waals surface area contributed by atoms with E-state index in [0.717, 1.165) is 18.6 Å². The molecule has 0 aromatic heterocycles. The zero-order chi connectivity index (χ0) is 13.5. The lowest BCUT2D eigenvalue weighted by atomic mass is 10.1. The Morgan fingerprint density at radius 1 is 1.39 bits per heavy atom. The monoisotopic (exact) mass is 249 g/mol. The van der Waals surface area contributed by atoms with Crippen molar-refractivity contribution >= 4 is 17.4 Å². The number of ketones is 1. The van der Waals surface area contributed by atoms with Gasteiger partial charge in [0.2, 0.25) is 0 Å². The highest BCUT2D eigenvalue weighted by molar-refractivity contribution is 6.07. The number of rotatable bonds is 6. The molecule has 0 radical (unpaired) electrons. The maximum Gasteiger partial charge on any atom is 0.328 e. The fourth-order valence-corrected chi connectivity index (χ4v) is 1.29. The lowest BCUT2D eigenvalue weighted by Crippen LogP contribution is -2.02. The summed E-state index contributed by atoms with van der Waals surface area (Å²) in [6.07, 6.45) is 2.64. The van der Waals surface area contributed by atoms with E-state index in [1.165, 1.54) is 6.07 Å². The smallest absolute Gasteiger partial charge is 0.328 e. The molecule has 0 aliphatic heterocycles. The Hall–Kier alpha value is -2.30. The molecule has 0 fully saturated rings. The van der Waals surface area contributed by atoms with E-state index >= 15 is 0 Å². The number of nitrogens with two attached hydrogens (primary N) is 1. The Labute approximate surface area is 105 Å². The van der Waals surface area contributed by atoms with Gasteiger partial charge in [0.05, 0.1) is 12.3 Å². The van der Waals surface area contributed by atoms with Crippen LogP contribution < -0.4 is 10.5 Å². The Balaban J connectivity index is 2.83. The minimum absolute atomic E-state index is 0.328. The molecule has 0 spiro atoms. The van der Waals surface area contributed by atoms with Gasteiger partial charge >= 0.3 is 5.97 Å². The number of carbonyl (C=O) groups excluding carboxylic acids is 1. The van der Waals surface area contributed by atoms with E-state index in [1.54, 1.807) is 12.1 Å². The molecule has 0 saturated carbocycles. The zero-order valence-electron chi connectivity index (χ0n) is 10.1. The van der Waals surface area contributed by atoms with Crippen LogP contribution >= 0.6 is 0 Å². The molecule has 1 rings (SSSR count). The predicted octanol–water partition coefficient (Wildman–Crippen LogP) is 1.88. The number of hydrogen-bond donors (Lipinski definition) is 2. The van der Waals surface area contributed by atoms with Crippen molar-refractivity contribution in [1.29, 1.82) is 0 Å². The number of carbonyl (C=O) groups is 2. The minimum Gasteiger partial charge on any atom is -0.491 e. The highest BCUT2D eigenvalue weighted by Crippen LogP contribution is 2.23. The summed E-state index contributed by atoms with van der Waals surface area (Å²) >= 11 is 0. The van der Waals surface area contributed by atoms with Crippen molar-refractivity contribution in [3.63, 3.8) is 0 Å². The Morgan fingerprint density at radius 2 is 2.11 bits per heavy atom. The van der Waals surface area contributed by atoms with Crippen LogP contribution in [0.4, 0.5) is 5.69 Å². The van der Waals surface area contributed by atoms with Gasteiger partial charge in [0.15, 0.2) is 5.78 Å². The van der Waals surface area contributed by atoms with Crippen LogP contribution in [0.2, 0.25) is 0 Å². The molecule has 0 unspecified atom stereocenters. The number of carboxylic acid groups (broad SMARTS) is 1. The fraction of sp³-hybridized carbons (Fsp3) is 0.231. The molecule has 1 aromatic carbocycles. The van der Waals surface area contributed by atoms with Crippen LogP contribution in [0.5, 0.6) is 5.75 Å². The fourth-order valence-electron chi connectivity index (χ4n) is 1.29. The second kappa shape index (κ2) is 6.44. The lowest BCUT2D eigenvalue weighted by Gasteiger charge is -2.08. The Kier molecular flexibility index (Phi) is 4.92. The Morgan fingerprint density at radius 3 is 2.67 bits per heavy atom. The molecule has 0 bridgehead atoms. The van der Waals surface area contributed by atoms with E-state index in [-0.39, 0.29) is 0 Å². The summed E-state index contributed by atoms with van der Waals surface area (Å²) in [6, 6.07) is 4.63. The highest BCUT2D eigenvalue weighted by Gasteiger charge is 2.06. The third kappa shape index (κ3) is 3.93. The van der Waals surface area contributed by atoms with Crippen molar-refractivity contribution in [2.45, 2.75) is 13.3 Å². The molecule has 0 aliphatic carbocycles. The molecule has 3 N–H and O–H groups in total. The van der Waals surface area contributed by atoms with E-state index in [1.807, 2.05) is 6.92 Å². The van der Waals surface area contributed by atoms with Crippen molar-refractivity contribution < 1.29 is 19.4 Å². The number of nitrogen functional groups attached to an aromatic ring is 1. The van der Waals surface area contributed by atoms with E-state index in [0.29, 0.717) is 23.6 Å². The summed E-state index contributed by atoms with van der Waals surface area (Å²) in [5, 5.41) is 8.42. The first-order chi connectivity index (χ1) is 8.54. The third-order valence-electron chi connectivity index (χ3n) is 2.13. The molecule has 5 heteroatoms. The summed E-state index contributed by atoms with van der Waals surface area (Å²) in [5.74, 6) is -1.05. The first kappa shape index (κ1) is 13.8. The number of allylic oxidation sites excluding steroid dienone is 1. The van der Waals surface area contributed by atoms with Gasteiger partial charge < -0.3 is 15.6 Å². The molecule has 0 saturated heterocycles. The summed E-state index contributed by atoms with van der Waals surface area (Å²) in [6.45, 7) is 2.53. The van der Waals surface area contributed by atoms with Gasteiger partial charge in [-0.05, 0) is 30.7 Å². The van der Waals surface area contributed by atoms with Gasteiger partial charge in [0, 0.05) is 11.6 Å². The number of carboxylic acids is 1. The van der Waals surface area contributed by atoms with Crippen LogP contribution in [-0.2, 0) is 4.79 Å². The molecule has 0 amide bonds. The molecule has 0 atom stereocenters. The first-order valence-electron chi connectivity index (χ1n) is 5.52. The van der Waals surface area contributed by atoms with Gasteiger partial charge in [0.25, 0.3) is 0 Å². The molecular formula is C13H15NO4. The van der Waals surface area contributed by atoms with Crippen LogP contribution in [0.3, 0.4) is 0 Å². The molecule has 96 valence electrons. The van der Waals surface area contributed by atoms with Gasteiger partial charge in [-0.3, -0.25) is 4.79 Å². The normalized spacial score (nSPS) is 10.5. The highest BCUT2D eigenvalue weighted by atomic mass is 16.5. The van der Waals surface area contributed by atoms with E-state index in [2.05, 4.69) is 0 Å². The topological polar surface area (TPSA) is 89.6 Å². The maximum absolute atomic E-state index is 11.6. The summed E-state index contributed by atoms with van der Waals surface area (Å²) in [4.78, 5) is 21.9. The number of anilines is 1. The average Bonchev–Trinajstić information content (AvgIpc) is 2.34. The second-order valence-corrected chi connectivity index (χ2v) is 3.64. The standard InChI is InChI=1S/C13H15NO4/c1-2-7-18-12-5-3-9(8-10(12)14)11(15)4-6-13(16)17/h3-6,8H,2,7,14H2,1H3,(H,16,17)/b6-4+. The van der Waals surface area contributed by atoms with Crippen LogP contribution in [-0.4, -0.2) is 23.5 Å². The molecular weight excluding hydrogens is 234 g/mol. The summed E-state index contributed by atoms with van der Waals surface area (Å²) in [5.41, 5.74) is 6.43. The summed E-state index contributed by atoms with van der Waals surface area (Å²) < 4.78 is 5.37. The quantitative estimate of drug-likeness (QED) is 0.456. The minimum atomic E-state index is -1.17. The molecule has 18 heavy (non-hydrogen) atoms. The van der Waals surface area contributed by atoms with Crippen molar-refractivity contribution in [1.82, 2.24) is 0 Å². The number of ether oxygens (including phenoxy) is 1. The number of benzene rings is 1. The van der Waals surface area contributed by atoms with Crippen molar-refractivity contribution in [3.05, 3.63) is 35.9 Å². The second-order valence-electron chi connectivity index (χ2n) is 3.64. The number of hydrogen-bond acceptors (Lipinski definition) is 4. The van der Waals surface area contributed by atoms with E-state index in [9.17, 15) is 9.59 Å².